The number of hydrogen-bond acceptors (Lipinski definition) is 1. The summed E-state index contributed by atoms with van der Waals surface area (Å²) < 4.78 is 11.8. The van der Waals surface area contributed by atoms with Gasteiger partial charge in [-0.2, -0.15) is 0 Å². The molecule has 0 saturated heterocycles. The first-order valence-corrected chi connectivity index (χ1v) is 6.60. The summed E-state index contributed by atoms with van der Waals surface area (Å²) in [6.45, 7) is 4.26. The summed E-state index contributed by atoms with van der Waals surface area (Å²) in [5.74, 6) is 1.54. The molecule has 13 heavy (non-hydrogen) atoms. The normalized spacial score (nSPS) is 32.2. The van der Waals surface area contributed by atoms with Crippen molar-refractivity contribution in [2.75, 3.05) is 5.75 Å². The van der Waals surface area contributed by atoms with Crippen molar-refractivity contribution >= 4 is 10.8 Å². The van der Waals surface area contributed by atoms with Gasteiger partial charge in [-0.1, -0.05) is 31.9 Å². The summed E-state index contributed by atoms with van der Waals surface area (Å²) in [7, 11) is -0.614. The molecule has 1 saturated carbocycles. The maximum absolute atomic E-state index is 11.8. The second-order valence-corrected chi connectivity index (χ2v) is 5.77. The molecule has 1 nitrogen and oxygen atoms in total. The zero-order chi connectivity index (χ0) is 9.68. The monoisotopic (exact) mass is 200 g/mol. The Labute approximate surface area is 84.1 Å². The van der Waals surface area contributed by atoms with E-state index in [-0.39, 0.29) is 0 Å². The van der Waals surface area contributed by atoms with E-state index in [1.807, 2.05) is 19.1 Å². The van der Waals surface area contributed by atoms with Crippen molar-refractivity contribution in [1.82, 2.24) is 0 Å². The van der Waals surface area contributed by atoms with Crippen LogP contribution in [-0.4, -0.2) is 15.2 Å². The van der Waals surface area contributed by atoms with Gasteiger partial charge in [-0.15, -0.1) is 0 Å². The maximum atomic E-state index is 11.8. The summed E-state index contributed by atoms with van der Waals surface area (Å²) in [5.41, 5.74) is 0. The van der Waals surface area contributed by atoms with Crippen molar-refractivity contribution in [2.24, 2.45) is 5.92 Å². The van der Waals surface area contributed by atoms with Gasteiger partial charge in [-0.05, 0) is 25.7 Å². The van der Waals surface area contributed by atoms with Crippen molar-refractivity contribution in [1.29, 1.82) is 0 Å². The van der Waals surface area contributed by atoms with Gasteiger partial charge in [0.2, 0.25) is 0 Å². The summed E-state index contributed by atoms with van der Waals surface area (Å²) in [6, 6.07) is 0. The second-order valence-electron chi connectivity index (χ2n) is 4.01. The number of hydrogen-bond donors (Lipinski definition) is 0. The quantitative estimate of drug-likeness (QED) is 0.640. The molecule has 1 rings (SSSR count). The van der Waals surface area contributed by atoms with Gasteiger partial charge in [-0.3, -0.25) is 4.21 Å². The smallest absolute Gasteiger partial charge is 0.0418 e. The van der Waals surface area contributed by atoms with E-state index in [1.165, 1.54) is 25.7 Å². The highest BCUT2D eigenvalue weighted by atomic mass is 32.2. The van der Waals surface area contributed by atoms with Gasteiger partial charge in [0.1, 0.15) is 0 Å². The topological polar surface area (TPSA) is 17.1 Å². The van der Waals surface area contributed by atoms with Gasteiger partial charge >= 0.3 is 0 Å². The molecule has 0 aromatic carbocycles. The van der Waals surface area contributed by atoms with Crippen LogP contribution in [0, 0.1) is 5.92 Å². The minimum atomic E-state index is -0.614. The average Bonchev–Trinajstić information content (AvgIpc) is 2.14. The Hall–Kier alpha value is -0.110. The Morgan fingerprint density at radius 3 is 2.85 bits per heavy atom. The minimum absolute atomic E-state index is 0.472. The van der Waals surface area contributed by atoms with Gasteiger partial charge in [-0.25, -0.2) is 0 Å². The molecule has 0 N–H and O–H groups in total. The summed E-state index contributed by atoms with van der Waals surface area (Å²) >= 11 is 0. The number of allylic oxidation sites excluding steroid dienone is 1. The van der Waals surface area contributed by atoms with Crippen molar-refractivity contribution < 1.29 is 4.21 Å². The molecule has 1 fully saturated rings. The Morgan fingerprint density at radius 2 is 2.23 bits per heavy atom. The molecule has 0 aromatic rings. The Kier molecular flexibility index (Phi) is 4.71. The SMILES string of the molecule is C/C=C/CS(=O)C1CCCC(C)C1. The summed E-state index contributed by atoms with van der Waals surface area (Å²) in [4.78, 5) is 0. The highest BCUT2D eigenvalue weighted by Crippen LogP contribution is 2.27. The van der Waals surface area contributed by atoms with E-state index in [1.54, 1.807) is 0 Å². The van der Waals surface area contributed by atoms with Crippen LogP contribution in [0.5, 0.6) is 0 Å². The standard InChI is InChI=1S/C11H20OS/c1-3-4-8-13(12)11-7-5-6-10(2)9-11/h3-4,10-11H,5-9H2,1-2H3/b4-3+. The average molecular weight is 200 g/mol. The van der Waals surface area contributed by atoms with Crippen LogP contribution >= 0.6 is 0 Å². The van der Waals surface area contributed by atoms with Crippen molar-refractivity contribution in [3.05, 3.63) is 12.2 Å². The van der Waals surface area contributed by atoms with Crippen molar-refractivity contribution in [3.63, 3.8) is 0 Å². The van der Waals surface area contributed by atoms with E-state index in [4.69, 9.17) is 0 Å². The Balaban J connectivity index is 2.37. The molecule has 0 radical (unpaired) electrons. The van der Waals surface area contributed by atoms with Crippen LogP contribution in [0.3, 0.4) is 0 Å². The van der Waals surface area contributed by atoms with Crippen LogP contribution in [0.2, 0.25) is 0 Å². The van der Waals surface area contributed by atoms with Crippen LogP contribution in [0.4, 0.5) is 0 Å². The van der Waals surface area contributed by atoms with E-state index in [2.05, 4.69) is 6.92 Å². The van der Waals surface area contributed by atoms with Gasteiger partial charge in [0.15, 0.2) is 0 Å². The molecule has 0 aliphatic heterocycles. The zero-order valence-electron chi connectivity index (χ0n) is 8.66. The lowest BCUT2D eigenvalue weighted by molar-refractivity contribution is 0.389. The lowest BCUT2D eigenvalue weighted by Gasteiger charge is -2.25. The van der Waals surface area contributed by atoms with E-state index >= 15 is 0 Å². The molecule has 0 spiro atoms. The van der Waals surface area contributed by atoms with Gasteiger partial charge in [0.05, 0.1) is 0 Å². The van der Waals surface area contributed by atoms with Crippen molar-refractivity contribution in [2.45, 2.75) is 44.8 Å². The third-order valence-corrected chi connectivity index (χ3v) is 4.45. The van der Waals surface area contributed by atoms with Crippen LogP contribution < -0.4 is 0 Å². The van der Waals surface area contributed by atoms with Crippen LogP contribution in [0.1, 0.15) is 39.5 Å². The maximum Gasteiger partial charge on any atom is 0.0418 e. The molecule has 2 heteroatoms. The van der Waals surface area contributed by atoms with Gasteiger partial charge in [0.25, 0.3) is 0 Å². The molecular weight excluding hydrogens is 180 g/mol. The fourth-order valence-corrected chi connectivity index (χ4v) is 3.57. The third-order valence-electron chi connectivity index (χ3n) is 2.76. The lowest BCUT2D eigenvalue weighted by atomic mass is 9.91. The molecule has 3 unspecified atom stereocenters. The first-order valence-electron chi connectivity index (χ1n) is 5.22. The largest absolute Gasteiger partial charge is 0.259 e. The lowest BCUT2D eigenvalue weighted by Crippen LogP contribution is -2.24. The fraction of sp³-hybridized carbons (Fsp3) is 0.818. The molecule has 76 valence electrons. The highest BCUT2D eigenvalue weighted by molar-refractivity contribution is 7.85. The molecule has 1 aliphatic carbocycles. The Morgan fingerprint density at radius 1 is 1.46 bits per heavy atom. The Bertz CT molecular complexity index is 198. The van der Waals surface area contributed by atoms with Crippen LogP contribution in [-0.2, 0) is 10.8 Å². The van der Waals surface area contributed by atoms with E-state index in [0.717, 1.165) is 11.7 Å². The molecule has 3 atom stereocenters. The van der Waals surface area contributed by atoms with Crippen LogP contribution in [0.25, 0.3) is 0 Å². The molecule has 0 heterocycles. The minimum Gasteiger partial charge on any atom is -0.259 e. The van der Waals surface area contributed by atoms with Crippen molar-refractivity contribution in [3.8, 4) is 0 Å². The van der Waals surface area contributed by atoms with E-state index in [0.29, 0.717) is 5.25 Å². The zero-order valence-corrected chi connectivity index (χ0v) is 9.48. The predicted molar refractivity (Wildman–Crippen MR) is 59.2 cm³/mol. The van der Waals surface area contributed by atoms with E-state index < -0.39 is 10.8 Å². The predicted octanol–water partition coefficient (Wildman–Crippen LogP) is 2.89. The molecule has 0 amide bonds. The first kappa shape index (κ1) is 11.0. The van der Waals surface area contributed by atoms with Gasteiger partial charge < -0.3 is 0 Å². The van der Waals surface area contributed by atoms with E-state index in [9.17, 15) is 4.21 Å². The molecular formula is C11H20OS. The molecule has 0 aromatic heterocycles. The summed E-state index contributed by atoms with van der Waals surface area (Å²) in [5, 5.41) is 0.472. The highest BCUT2D eigenvalue weighted by Gasteiger charge is 2.22. The fourth-order valence-electron chi connectivity index (χ4n) is 1.94. The third kappa shape index (κ3) is 3.63. The molecule has 1 aliphatic rings. The first-order chi connectivity index (χ1) is 6.24. The van der Waals surface area contributed by atoms with Gasteiger partial charge in [0, 0.05) is 21.8 Å². The summed E-state index contributed by atoms with van der Waals surface area (Å²) in [6.07, 6.45) is 8.96. The number of rotatable bonds is 3. The molecule has 0 bridgehead atoms. The van der Waals surface area contributed by atoms with Crippen LogP contribution in [0.15, 0.2) is 12.2 Å². The second kappa shape index (κ2) is 5.58.